The first-order valence-electron chi connectivity index (χ1n) is 3.65. The van der Waals surface area contributed by atoms with Crippen molar-refractivity contribution >= 4 is 5.91 Å². The molecule has 0 fully saturated rings. The van der Waals surface area contributed by atoms with E-state index in [0.29, 0.717) is 12.2 Å². The summed E-state index contributed by atoms with van der Waals surface area (Å²) in [6, 6.07) is 1.60. The van der Waals surface area contributed by atoms with Crippen LogP contribution in [0.3, 0.4) is 0 Å². The molecule has 5 heteroatoms. The maximum absolute atomic E-state index is 11.4. The van der Waals surface area contributed by atoms with Crippen molar-refractivity contribution in [1.82, 2.24) is 15.3 Å². The number of carbonyl (C=O) groups excluding carboxylic acids is 1. The second-order valence-electron chi connectivity index (χ2n) is 2.14. The van der Waals surface area contributed by atoms with E-state index < -0.39 is 0 Å². The first-order valence-corrected chi connectivity index (χ1v) is 3.65. The Balaban J connectivity index is 2.70. The highest BCUT2D eigenvalue weighted by molar-refractivity contribution is 5.91. The smallest absolute Gasteiger partial charge is 0.285 e. The SMILES string of the molecule is CCN(OC)C(=O)c1cc[nH]n1. The van der Waals surface area contributed by atoms with Crippen LogP contribution in [0.2, 0.25) is 0 Å². The van der Waals surface area contributed by atoms with Crippen molar-refractivity contribution in [3.05, 3.63) is 18.0 Å². The Hall–Kier alpha value is -1.36. The van der Waals surface area contributed by atoms with Crippen molar-refractivity contribution in [2.24, 2.45) is 0 Å². The zero-order chi connectivity index (χ0) is 8.97. The number of H-pyrrole nitrogens is 1. The lowest BCUT2D eigenvalue weighted by atomic mass is 10.4. The van der Waals surface area contributed by atoms with Crippen molar-refractivity contribution in [3.63, 3.8) is 0 Å². The molecule has 0 saturated carbocycles. The third-order valence-electron chi connectivity index (χ3n) is 1.45. The molecular weight excluding hydrogens is 158 g/mol. The van der Waals surface area contributed by atoms with Gasteiger partial charge in [0.1, 0.15) is 0 Å². The van der Waals surface area contributed by atoms with Crippen LogP contribution in [-0.2, 0) is 4.84 Å². The van der Waals surface area contributed by atoms with E-state index in [4.69, 9.17) is 4.84 Å². The summed E-state index contributed by atoms with van der Waals surface area (Å²) in [5, 5.41) is 7.53. The number of carbonyl (C=O) groups is 1. The number of aromatic nitrogens is 2. The summed E-state index contributed by atoms with van der Waals surface area (Å²) in [7, 11) is 1.45. The summed E-state index contributed by atoms with van der Waals surface area (Å²) in [5.74, 6) is -0.235. The molecule has 5 nitrogen and oxygen atoms in total. The molecule has 1 heterocycles. The maximum Gasteiger partial charge on any atom is 0.297 e. The number of rotatable bonds is 3. The van der Waals surface area contributed by atoms with E-state index >= 15 is 0 Å². The zero-order valence-corrected chi connectivity index (χ0v) is 7.07. The summed E-state index contributed by atoms with van der Waals surface area (Å²) in [4.78, 5) is 16.2. The fourth-order valence-electron chi connectivity index (χ4n) is 0.863. The number of hydrogen-bond acceptors (Lipinski definition) is 3. The monoisotopic (exact) mass is 169 g/mol. The van der Waals surface area contributed by atoms with Gasteiger partial charge in [-0.2, -0.15) is 5.10 Å². The predicted octanol–water partition coefficient (Wildman–Crippen LogP) is 0.433. The van der Waals surface area contributed by atoms with Crippen LogP contribution < -0.4 is 0 Å². The Morgan fingerprint density at radius 1 is 1.83 bits per heavy atom. The highest BCUT2D eigenvalue weighted by Crippen LogP contribution is 1.99. The molecule has 0 aliphatic heterocycles. The van der Waals surface area contributed by atoms with Crippen LogP contribution in [0.15, 0.2) is 12.3 Å². The highest BCUT2D eigenvalue weighted by atomic mass is 16.7. The number of nitrogens with zero attached hydrogens (tertiary/aromatic N) is 2. The van der Waals surface area contributed by atoms with Gasteiger partial charge in [0, 0.05) is 12.7 Å². The van der Waals surface area contributed by atoms with Gasteiger partial charge in [-0.3, -0.25) is 14.7 Å². The summed E-state index contributed by atoms with van der Waals surface area (Å²) >= 11 is 0. The lowest BCUT2D eigenvalue weighted by Gasteiger charge is -2.15. The Morgan fingerprint density at radius 3 is 3.00 bits per heavy atom. The molecule has 0 unspecified atom stereocenters. The van der Waals surface area contributed by atoms with Gasteiger partial charge in [0.15, 0.2) is 5.69 Å². The average molecular weight is 169 g/mol. The van der Waals surface area contributed by atoms with Crippen LogP contribution in [-0.4, -0.2) is 34.8 Å². The normalized spacial score (nSPS) is 9.83. The van der Waals surface area contributed by atoms with Crippen molar-refractivity contribution < 1.29 is 9.63 Å². The molecule has 0 atom stereocenters. The first-order chi connectivity index (χ1) is 5.79. The summed E-state index contributed by atoms with van der Waals surface area (Å²) in [6.45, 7) is 2.33. The number of hydroxylamine groups is 2. The molecule has 0 aromatic carbocycles. The number of hydrogen-bond donors (Lipinski definition) is 1. The number of aromatic amines is 1. The predicted molar refractivity (Wildman–Crippen MR) is 42.3 cm³/mol. The van der Waals surface area contributed by atoms with Crippen LogP contribution in [0, 0.1) is 0 Å². The van der Waals surface area contributed by atoms with Gasteiger partial charge in [0.25, 0.3) is 5.91 Å². The first kappa shape index (κ1) is 8.73. The van der Waals surface area contributed by atoms with Crippen LogP contribution in [0.25, 0.3) is 0 Å². The van der Waals surface area contributed by atoms with Crippen molar-refractivity contribution in [2.75, 3.05) is 13.7 Å². The second kappa shape index (κ2) is 3.87. The van der Waals surface area contributed by atoms with Crippen molar-refractivity contribution in [1.29, 1.82) is 0 Å². The minimum Gasteiger partial charge on any atom is -0.285 e. The van der Waals surface area contributed by atoms with Gasteiger partial charge in [-0.25, -0.2) is 5.06 Å². The van der Waals surface area contributed by atoms with Gasteiger partial charge in [-0.05, 0) is 13.0 Å². The van der Waals surface area contributed by atoms with E-state index in [1.165, 1.54) is 12.2 Å². The topological polar surface area (TPSA) is 58.2 Å². The summed E-state index contributed by atoms with van der Waals surface area (Å²) < 4.78 is 0. The average Bonchev–Trinajstić information content (AvgIpc) is 2.58. The molecule has 1 amide bonds. The summed E-state index contributed by atoms with van der Waals surface area (Å²) in [5.41, 5.74) is 0.360. The Kier molecular flexibility index (Phi) is 2.82. The van der Waals surface area contributed by atoms with Gasteiger partial charge in [-0.15, -0.1) is 0 Å². The molecule has 1 rings (SSSR count). The molecule has 0 aliphatic carbocycles. The van der Waals surface area contributed by atoms with Gasteiger partial charge < -0.3 is 0 Å². The summed E-state index contributed by atoms with van der Waals surface area (Å²) in [6.07, 6.45) is 1.59. The molecule has 0 bridgehead atoms. The fourth-order valence-corrected chi connectivity index (χ4v) is 0.863. The molecule has 1 aromatic rings. The molecule has 12 heavy (non-hydrogen) atoms. The quantitative estimate of drug-likeness (QED) is 0.667. The van der Waals surface area contributed by atoms with E-state index in [1.807, 2.05) is 6.92 Å². The molecule has 0 spiro atoms. The van der Waals surface area contributed by atoms with Crippen molar-refractivity contribution in [2.45, 2.75) is 6.92 Å². The van der Waals surface area contributed by atoms with E-state index in [1.54, 1.807) is 12.3 Å². The molecule has 0 saturated heterocycles. The van der Waals surface area contributed by atoms with E-state index in [9.17, 15) is 4.79 Å². The van der Waals surface area contributed by atoms with Gasteiger partial charge >= 0.3 is 0 Å². The van der Waals surface area contributed by atoms with E-state index in [-0.39, 0.29) is 5.91 Å². The van der Waals surface area contributed by atoms with Crippen LogP contribution in [0.5, 0.6) is 0 Å². The van der Waals surface area contributed by atoms with Crippen molar-refractivity contribution in [3.8, 4) is 0 Å². The second-order valence-corrected chi connectivity index (χ2v) is 2.14. The Labute approximate surface area is 70.3 Å². The largest absolute Gasteiger partial charge is 0.297 e. The van der Waals surface area contributed by atoms with Gasteiger partial charge in [-0.1, -0.05) is 0 Å². The Bertz CT molecular complexity index is 241. The fraction of sp³-hybridized carbons (Fsp3) is 0.429. The minimum atomic E-state index is -0.235. The molecule has 1 aromatic heterocycles. The van der Waals surface area contributed by atoms with E-state index in [2.05, 4.69) is 10.2 Å². The maximum atomic E-state index is 11.4. The lowest BCUT2D eigenvalue weighted by Crippen LogP contribution is -2.29. The van der Waals surface area contributed by atoms with Gasteiger partial charge in [0.2, 0.25) is 0 Å². The third kappa shape index (κ3) is 1.62. The molecule has 0 aliphatic rings. The Morgan fingerprint density at radius 2 is 2.58 bits per heavy atom. The number of amides is 1. The molecular formula is C7H11N3O2. The molecule has 1 N–H and O–H groups in total. The van der Waals surface area contributed by atoms with Gasteiger partial charge in [0.05, 0.1) is 7.11 Å². The zero-order valence-electron chi connectivity index (χ0n) is 7.07. The molecule has 0 radical (unpaired) electrons. The van der Waals surface area contributed by atoms with E-state index in [0.717, 1.165) is 0 Å². The highest BCUT2D eigenvalue weighted by Gasteiger charge is 2.14. The van der Waals surface area contributed by atoms with Crippen LogP contribution in [0.4, 0.5) is 0 Å². The molecule has 66 valence electrons. The number of nitrogens with one attached hydrogen (secondary N) is 1. The minimum absolute atomic E-state index is 0.235. The standard InChI is InChI=1S/C7H11N3O2/c1-3-10(12-2)7(11)6-4-5-8-9-6/h4-5H,3H2,1-2H3,(H,8,9). The van der Waals surface area contributed by atoms with Crippen LogP contribution in [0.1, 0.15) is 17.4 Å². The third-order valence-corrected chi connectivity index (χ3v) is 1.45. The lowest BCUT2D eigenvalue weighted by molar-refractivity contribution is -0.0918. The van der Waals surface area contributed by atoms with Crippen LogP contribution >= 0.6 is 0 Å².